The van der Waals surface area contributed by atoms with Crippen LogP contribution in [0.1, 0.15) is 32.3 Å². The lowest BCUT2D eigenvalue weighted by Gasteiger charge is -2.22. The van der Waals surface area contributed by atoms with Crippen molar-refractivity contribution in [3.8, 4) is 5.75 Å². The fourth-order valence-electron chi connectivity index (χ4n) is 2.48. The zero-order valence-electron chi connectivity index (χ0n) is 16.9. The van der Waals surface area contributed by atoms with Crippen LogP contribution >= 0.6 is 0 Å². The molecule has 1 rings (SSSR count). The zero-order valence-corrected chi connectivity index (χ0v) is 16.9. The van der Waals surface area contributed by atoms with Gasteiger partial charge in [-0.1, -0.05) is 12.1 Å². The van der Waals surface area contributed by atoms with Crippen molar-refractivity contribution in [1.29, 1.82) is 0 Å². The van der Waals surface area contributed by atoms with Gasteiger partial charge in [0.15, 0.2) is 0 Å². The molecule has 1 aromatic carbocycles. The molecule has 1 amide bonds. The normalized spacial score (nSPS) is 11.0. The van der Waals surface area contributed by atoms with Gasteiger partial charge < -0.3 is 19.3 Å². The minimum absolute atomic E-state index is 0.105. The standard InChI is InChI=1S/C21H32N2O4/c1-5-26-19-11-8-18(9-12-19)10-13-20(24)23(16-7-15-22(3)4)17-14-21(25)27-6-2/h8-13H,5-7,14-17H2,1-4H3/b13-10+. The molecule has 0 fully saturated rings. The summed E-state index contributed by atoms with van der Waals surface area (Å²) in [5, 5.41) is 0. The minimum Gasteiger partial charge on any atom is -0.494 e. The third-order valence-electron chi connectivity index (χ3n) is 3.85. The molecule has 150 valence electrons. The van der Waals surface area contributed by atoms with E-state index in [0.717, 1.165) is 24.3 Å². The number of ether oxygens (including phenoxy) is 2. The average molecular weight is 376 g/mol. The lowest BCUT2D eigenvalue weighted by atomic mass is 10.2. The second-order valence-electron chi connectivity index (χ2n) is 6.37. The number of hydrogen-bond acceptors (Lipinski definition) is 5. The fraction of sp³-hybridized carbons (Fsp3) is 0.524. The predicted octanol–water partition coefficient (Wildman–Crippen LogP) is 2.83. The van der Waals surface area contributed by atoms with Gasteiger partial charge in [-0.3, -0.25) is 9.59 Å². The molecule has 0 atom stereocenters. The Labute approximate surface area is 162 Å². The molecule has 0 aliphatic heterocycles. The Bertz CT molecular complexity index is 597. The summed E-state index contributed by atoms with van der Waals surface area (Å²) in [7, 11) is 3.99. The van der Waals surface area contributed by atoms with Crippen LogP contribution in [0.5, 0.6) is 5.75 Å². The quantitative estimate of drug-likeness (QED) is 0.415. The van der Waals surface area contributed by atoms with Crippen molar-refractivity contribution in [1.82, 2.24) is 9.80 Å². The molecule has 0 N–H and O–H groups in total. The van der Waals surface area contributed by atoms with Crippen LogP contribution in [0.15, 0.2) is 30.3 Å². The highest BCUT2D eigenvalue weighted by Gasteiger charge is 2.13. The molecule has 0 heterocycles. The van der Waals surface area contributed by atoms with Crippen molar-refractivity contribution in [2.45, 2.75) is 26.7 Å². The Kier molecular flexibility index (Phi) is 10.9. The topological polar surface area (TPSA) is 59.1 Å². The molecule has 0 spiro atoms. The summed E-state index contributed by atoms with van der Waals surface area (Å²) in [6.45, 7) is 6.53. The van der Waals surface area contributed by atoms with E-state index in [1.54, 1.807) is 24.0 Å². The van der Waals surface area contributed by atoms with E-state index in [1.807, 2.05) is 45.3 Å². The molecular formula is C21H32N2O4. The van der Waals surface area contributed by atoms with Gasteiger partial charge >= 0.3 is 5.97 Å². The first-order valence-corrected chi connectivity index (χ1v) is 9.46. The molecule has 6 nitrogen and oxygen atoms in total. The van der Waals surface area contributed by atoms with Crippen LogP contribution in [-0.2, 0) is 14.3 Å². The first-order chi connectivity index (χ1) is 13.0. The number of nitrogens with zero attached hydrogens (tertiary/aromatic N) is 2. The van der Waals surface area contributed by atoms with Crippen LogP contribution in [0, 0.1) is 0 Å². The second kappa shape index (κ2) is 12.9. The number of amides is 1. The molecule has 0 radical (unpaired) electrons. The van der Waals surface area contributed by atoms with Crippen molar-refractivity contribution in [2.75, 3.05) is 46.9 Å². The van der Waals surface area contributed by atoms with Gasteiger partial charge in [0.25, 0.3) is 0 Å². The molecule has 0 unspecified atom stereocenters. The van der Waals surface area contributed by atoms with E-state index >= 15 is 0 Å². The monoisotopic (exact) mass is 376 g/mol. The summed E-state index contributed by atoms with van der Waals surface area (Å²) in [5.74, 6) is 0.422. The highest BCUT2D eigenvalue weighted by atomic mass is 16.5. The van der Waals surface area contributed by atoms with Crippen molar-refractivity contribution >= 4 is 18.0 Å². The van der Waals surface area contributed by atoms with Crippen LogP contribution in [0.4, 0.5) is 0 Å². The summed E-state index contributed by atoms with van der Waals surface area (Å²) >= 11 is 0. The van der Waals surface area contributed by atoms with E-state index in [2.05, 4.69) is 4.90 Å². The maximum absolute atomic E-state index is 12.6. The zero-order chi connectivity index (χ0) is 20.1. The number of rotatable bonds is 12. The van der Waals surface area contributed by atoms with Crippen LogP contribution in [-0.4, -0.2) is 68.6 Å². The highest BCUT2D eigenvalue weighted by molar-refractivity contribution is 5.92. The SMILES string of the molecule is CCOC(=O)CCN(CCCN(C)C)C(=O)/C=C/c1ccc(OCC)cc1. The van der Waals surface area contributed by atoms with Gasteiger partial charge in [-0.25, -0.2) is 0 Å². The molecule has 6 heteroatoms. The second-order valence-corrected chi connectivity index (χ2v) is 6.37. The first-order valence-electron chi connectivity index (χ1n) is 9.46. The largest absolute Gasteiger partial charge is 0.494 e. The number of esters is 1. The molecule has 0 aliphatic rings. The fourth-order valence-corrected chi connectivity index (χ4v) is 2.48. The van der Waals surface area contributed by atoms with Crippen molar-refractivity contribution in [3.05, 3.63) is 35.9 Å². The molecule has 0 aromatic heterocycles. The summed E-state index contributed by atoms with van der Waals surface area (Å²) in [4.78, 5) is 28.0. The predicted molar refractivity (Wildman–Crippen MR) is 108 cm³/mol. The Balaban J connectivity index is 2.67. The molecule has 0 bridgehead atoms. The van der Waals surface area contributed by atoms with Gasteiger partial charge in [0.1, 0.15) is 5.75 Å². The molecule has 1 aromatic rings. The van der Waals surface area contributed by atoms with E-state index < -0.39 is 0 Å². The first kappa shape index (κ1) is 22.7. The average Bonchev–Trinajstić information content (AvgIpc) is 2.64. The van der Waals surface area contributed by atoms with Gasteiger partial charge in [-0.15, -0.1) is 0 Å². The van der Waals surface area contributed by atoms with Crippen LogP contribution in [0.25, 0.3) is 6.08 Å². The smallest absolute Gasteiger partial charge is 0.307 e. The molecular weight excluding hydrogens is 344 g/mol. The van der Waals surface area contributed by atoms with Gasteiger partial charge in [0.05, 0.1) is 19.6 Å². The summed E-state index contributed by atoms with van der Waals surface area (Å²) in [6.07, 6.45) is 4.38. The van der Waals surface area contributed by atoms with Crippen molar-refractivity contribution in [2.24, 2.45) is 0 Å². The van der Waals surface area contributed by atoms with Crippen LogP contribution in [0.3, 0.4) is 0 Å². The van der Waals surface area contributed by atoms with Gasteiger partial charge in [0.2, 0.25) is 5.91 Å². The van der Waals surface area contributed by atoms with Crippen LogP contribution in [0.2, 0.25) is 0 Å². The number of carbonyl (C=O) groups is 2. The Morgan fingerprint density at radius 1 is 1.00 bits per heavy atom. The Hall–Kier alpha value is -2.34. The molecule has 27 heavy (non-hydrogen) atoms. The van der Waals surface area contributed by atoms with E-state index in [0.29, 0.717) is 26.3 Å². The minimum atomic E-state index is -0.279. The lowest BCUT2D eigenvalue weighted by molar-refractivity contribution is -0.143. The molecule has 0 aliphatic carbocycles. The number of benzene rings is 1. The Morgan fingerprint density at radius 3 is 2.30 bits per heavy atom. The maximum atomic E-state index is 12.6. The summed E-state index contributed by atoms with van der Waals surface area (Å²) in [5.41, 5.74) is 0.922. The third-order valence-corrected chi connectivity index (χ3v) is 3.85. The van der Waals surface area contributed by atoms with Gasteiger partial charge in [-0.2, -0.15) is 0 Å². The van der Waals surface area contributed by atoms with Crippen molar-refractivity contribution < 1.29 is 19.1 Å². The van der Waals surface area contributed by atoms with E-state index in [9.17, 15) is 9.59 Å². The summed E-state index contributed by atoms with van der Waals surface area (Å²) < 4.78 is 10.4. The van der Waals surface area contributed by atoms with E-state index in [4.69, 9.17) is 9.47 Å². The Morgan fingerprint density at radius 2 is 1.70 bits per heavy atom. The van der Waals surface area contributed by atoms with Gasteiger partial charge in [0, 0.05) is 19.2 Å². The van der Waals surface area contributed by atoms with E-state index in [-0.39, 0.29) is 18.3 Å². The lowest BCUT2D eigenvalue weighted by Crippen LogP contribution is -2.34. The van der Waals surface area contributed by atoms with Crippen molar-refractivity contribution in [3.63, 3.8) is 0 Å². The molecule has 0 saturated carbocycles. The molecule has 0 saturated heterocycles. The van der Waals surface area contributed by atoms with Gasteiger partial charge in [-0.05, 0) is 64.7 Å². The number of carbonyl (C=O) groups excluding carboxylic acids is 2. The highest BCUT2D eigenvalue weighted by Crippen LogP contribution is 2.13. The van der Waals surface area contributed by atoms with E-state index in [1.165, 1.54) is 0 Å². The summed E-state index contributed by atoms with van der Waals surface area (Å²) in [6, 6.07) is 7.57. The van der Waals surface area contributed by atoms with Crippen LogP contribution < -0.4 is 4.74 Å². The third kappa shape index (κ3) is 9.80. The maximum Gasteiger partial charge on any atom is 0.307 e. The number of hydrogen-bond donors (Lipinski definition) is 0.